The molecule has 1 fully saturated rings. The highest BCUT2D eigenvalue weighted by atomic mass is 32.2. The van der Waals surface area contributed by atoms with Gasteiger partial charge >= 0.3 is 0 Å². The van der Waals surface area contributed by atoms with Gasteiger partial charge in [0.2, 0.25) is 5.88 Å². The lowest BCUT2D eigenvalue weighted by Crippen LogP contribution is -2.30. The predicted octanol–water partition coefficient (Wildman–Crippen LogP) is 1.45. The Labute approximate surface area is 139 Å². The Kier molecular flexibility index (Phi) is 4.51. The smallest absolute Gasteiger partial charge is 0.252 e. The SMILES string of the molecule is CN(C)c1cc(OC2CCN(S(=O)(=O)c3cccs3)C2)ncn1. The van der Waals surface area contributed by atoms with Gasteiger partial charge in [0, 0.05) is 26.7 Å². The summed E-state index contributed by atoms with van der Waals surface area (Å²) in [5.74, 6) is 1.21. The van der Waals surface area contributed by atoms with Crippen LogP contribution in [-0.4, -0.2) is 56.0 Å². The number of rotatable bonds is 5. The summed E-state index contributed by atoms with van der Waals surface area (Å²) in [6.07, 6.45) is 1.89. The van der Waals surface area contributed by atoms with Crippen LogP contribution >= 0.6 is 11.3 Å². The zero-order valence-electron chi connectivity index (χ0n) is 12.9. The van der Waals surface area contributed by atoms with Crippen molar-refractivity contribution in [3.63, 3.8) is 0 Å². The molecule has 7 nitrogen and oxygen atoms in total. The molecule has 0 aromatic carbocycles. The summed E-state index contributed by atoms with van der Waals surface area (Å²) in [5.41, 5.74) is 0. The molecular weight excluding hydrogens is 336 g/mol. The molecule has 0 bridgehead atoms. The van der Waals surface area contributed by atoms with Crippen LogP contribution in [0, 0.1) is 0 Å². The predicted molar refractivity (Wildman–Crippen MR) is 88.5 cm³/mol. The molecule has 1 atom stereocenters. The van der Waals surface area contributed by atoms with Crippen molar-refractivity contribution in [1.29, 1.82) is 0 Å². The zero-order chi connectivity index (χ0) is 16.4. The summed E-state index contributed by atoms with van der Waals surface area (Å²) < 4.78 is 32.6. The van der Waals surface area contributed by atoms with E-state index in [1.54, 1.807) is 23.6 Å². The third-order valence-electron chi connectivity index (χ3n) is 3.57. The second-order valence-corrected chi connectivity index (χ2v) is 8.55. The average molecular weight is 354 g/mol. The van der Waals surface area contributed by atoms with Gasteiger partial charge in [-0.25, -0.2) is 18.4 Å². The summed E-state index contributed by atoms with van der Waals surface area (Å²) in [4.78, 5) is 10.1. The Morgan fingerprint density at radius 3 is 2.91 bits per heavy atom. The largest absolute Gasteiger partial charge is 0.473 e. The normalized spacial score (nSPS) is 19.0. The minimum atomic E-state index is -3.41. The fourth-order valence-electron chi connectivity index (χ4n) is 2.36. The standard InChI is InChI=1S/C14H18N4O3S2/c1-17(2)12-8-13(16-10-15-12)21-11-5-6-18(9-11)23(19,20)14-4-3-7-22-14/h3-4,7-8,10-11H,5-6,9H2,1-2H3. The molecule has 0 spiro atoms. The van der Waals surface area contributed by atoms with Crippen molar-refractivity contribution in [3.05, 3.63) is 29.9 Å². The molecule has 0 aliphatic carbocycles. The van der Waals surface area contributed by atoms with E-state index in [1.807, 2.05) is 19.0 Å². The van der Waals surface area contributed by atoms with Gasteiger partial charge in [-0.05, 0) is 17.9 Å². The Morgan fingerprint density at radius 2 is 2.22 bits per heavy atom. The highest BCUT2D eigenvalue weighted by Crippen LogP contribution is 2.26. The number of nitrogens with zero attached hydrogens (tertiary/aromatic N) is 4. The van der Waals surface area contributed by atoms with Gasteiger partial charge in [-0.15, -0.1) is 11.3 Å². The van der Waals surface area contributed by atoms with Gasteiger partial charge in [0.05, 0.1) is 6.54 Å². The van der Waals surface area contributed by atoms with Crippen LogP contribution in [0.2, 0.25) is 0 Å². The topological polar surface area (TPSA) is 75.6 Å². The molecule has 1 aliphatic heterocycles. The minimum Gasteiger partial charge on any atom is -0.473 e. The zero-order valence-corrected chi connectivity index (χ0v) is 14.5. The molecule has 9 heteroatoms. The molecule has 0 N–H and O–H groups in total. The molecule has 3 heterocycles. The van der Waals surface area contributed by atoms with E-state index in [9.17, 15) is 8.42 Å². The second kappa shape index (κ2) is 6.42. The van der Waals surface area contributed by atoms with Gasteiger partial charge in [0.25, 0.3) is 10.0 Å². The Bertz CT molecular complexity index is 762. The van der Waals surface area contributed by atoms with Crippen molar-refractivity contribution >= 4 is 27.2 Å². The van der Waals surface area contributed by atoms with Gasteiger partial charge in [0.1, 0.15) is 22.5 Å². The van der Waals surface area contributed by atoms with Crippen LogP contribution in [0.25, 0.3) is 0 Å². The van der Waals surface area contributed by atoms with Crippen molar-refractivity contribution in [3.8, 4) is 5.88 Å². The maximum atomic E-state index is 12.5. The van der Waals surface area contributed by atoms with Crippen LogP contribution < -0.4 is 9.64 Å². The van der Waals surface area contributed by atoms with Crippen LogP contribution in [0.5, 0.6) is 5.88 Å². The Balaban J connectivity index is 1.68. The molecule has 2 aromatic heterocycles. The number of anilines is 1. The third-order valence-corrected chi connectivity index (χ3v) is 6.81. The van der Waals surface area contributed by atoms with E-state index < -0.39 is 10.0 Å². The van der Waals surface area contributed by atoms with E-state index in [0.29, 0.717) is 29.6 Å². The van der Waals surface area contributed by atoms with Crippen molar-refractivity contribution in [2.75, 3.05) is 32.1 Å². The number of ether oxygens (including phenoxy) is 1. The molecule has 0 amide bonds. The number of hydrogen-bond acceptors (Lipinski definition) is 7. The fraction of sp³-hybridized carbons (Fsp3) is 0.429. The van der Waals surface area contributed by atoms with E-state index in [0.717, 1.165) is 5.82 Å². The average Bonchev–Trinajstić information content (AvgIpc) is 3.19. The lowest BCUT2D eigenvalue weighted by Gasteiger charge is -2.17. The van der Waals surface area contributed by atoms with Gasteiger partial charge in [0.15, 0.2) is 0 Å². The third kappa shape index (κ3) is 3.46. The van der Waals surface area contributed by atoms with Gasteiger partial charge < -0.3 is 9.64 Å². The first-order valence-electron chi connectivity index (χ1n) is 7.16. The van der Waals surface area contributed by atoms with Gasteiger partial charge in [-0.2, -0.15) is 4.31 Å². The lowest BCUT2D eigenvalue weighted by atomic mass is 10.3. The molecular formula is C14H18N4O3S2. The molecule has 1 unspecified atom stereocenters. The van der Waals surface area contributed by atoms with Gasteiger partial charge in [-0.3, -0.25) is 0 Å². The first kappa shape index (κ1) is 16.2. The highest BCUT2D eigenvalue weighted by Gasteiger charge is 2.34. The first-order chi connectivity index (χ1) is 11.0. The summed E-state index contributed by atoms with van der Waals surface area (Å²) in [7, 11) is 0.361. The molecule has 1 saturated heterocycles. The number of aromatic nitrogens is 2. The lowest BCUT2D eigenvalue weighted by molar-refractivity contribution is 0.206. The van der Waals surface area contributed by atoms with E-state index in [2.05, 4.69) is 9.97 Å². The van der Waals surface area contributed by atoms with Crippen molar-refractivity contribution in [2.45, 2.75) is 16.7 Å². The Morgan fingerprint density at radius 1 is 1.39 bits per heavy atom. The highest BCUT2D eigenvalue weighted by molar-refractivity contribution is 7.91. The molecule has 2 aromatic rings. The van der Waals surface area contributed by atoms with Crippen molar-refractivity contribution < 1.29 is 13.2 Å². The van der Waals surface area contributed by atoms with Crippen LogP contribution in [0.1, 0.15) is 6.42 Å². The maximum Gasteiger partial charge on any atom is 0.252 e. The summed E-state index contributed by atoms with van der Waals surface area (Å²) in [5, 5.41) is 1.76. The van der Waals surface area contributed by atoms with Crippen LogP contribution in [0.15, 0.2) is 34.1 Å². The van der Waals surface area contributed by atoms with Crippen LogP contribution in [-0.2, 0) is 10.0 Å². The first-order valence-corrected chi connectivity index (χ1v) is 9.48. The molecule has 0 saturated carbocycles. The summed E-state index contributed by atoms with van der Waals surface area (Å²) >= 11 is 1.23. The van der Waals surface area contributed by atoms with Gasteiger partial charge in [-0.1, -0.05) is 6.07 Å². The number of sulfonamides is 1. The molecule has 1 aliphatic rings. The Hall–Kier alpha value is -1.71. The van der Waals surface area contributed by atoms with E-state index >= 15 is 0 Å². The maximum absolute atomic E-state index is 12.5. The van der Waals surface area contributed by atoms with Crippen LogP contribution in [0.4, 0.5) is 5.82 Å². The molecule has 0 radical (unpaired) electrons. The minimum absolute atomic E-state index is 0.199. The molecule has 124 valence electrons. The van der Waals surface area contributed by atoms with Crippen molar-refractivity contribution in [2.24, 2.45) is 0 Å². The molecule has 23 heavy (non-hydrogen) atoms. The number of hydrogen-bond donors (Lipinski definition) is 0. The quantitative estimate of drug-likeness (QED) is 0.809. The van der Waals surface area contributed by atoms with E-state index in [4.69, 9.17) is 4.74 Å². The number of thiophene rings is 1. The molecule has 3 rings (SSSR count). The second-order valence-electron chi connectivity index (χ2n) is 5.43. The van der Waals surface area contributed by atoms with Crippen LogP contribution in [0.3, 0.4) is 0 Å². The van der Waals surface area contributed by atoms with E-state index in [-0.39, 0.29) is 6.10 Å². The summed E-state index contributed by atoms with van der Waals surface area (Å²) in [6, 6.07) is 5.11. The van der Waals surface area contributed by atoms with E-state index in [1.165, 1.54) is 22.0 Å². The fourth-order valence-corrected chi connectivity index (χ4v) is 4.99. The van der Waals surface area contributed by atoms with Crippen molar-refractivity contribution in [1.82, 2.24) is 14.3 Å². The monoisotopic (exact) mass is 354 g/mol. The summed E-state index contributed by atoms with van der Waals surface area (Å²) in [6.45, 7) is 0.790.